The van der Waals surface area contributed by atoms with Crippen molar-refractivity contribution in [2.24, 2.45) is 0 Å². The average molecular weight is 274 g/mol. The van der Waals surface area contributed by atoms with E-state index < -0.39 is 6.10 Å². The molecule has 15 heavy (non-hydrogen) atoms. The summed E-state index contributed by atoms with van der Waals surface area (Å²) >= 11 is 3.38. The van der Waals surface area contributed by atoms with Crippen molar-refractivity contribution in [1.82, 2.24) is 5.32 Å². The van der Waals surface area contributed by atoms with Crippen LogP contribution in [0.15, 0.2) is 16.6 Å². The first-order valence-electron chi connectivity index (χ1n) is 4.64. The van der Waals surface area contributed by atoms with Gasteiger partial charge in [-0.05, 0) is 40.7 Å². The second kappa shape index (κ2) is 4.38. The number of nitrogens with one attached hydrogen (secondary N) is 1. The van der Waals surface area contributed by atoms with Gasteiger partial charge in [0.2, 0.25) is 6.79 Å². The summed E-state index contributed by atoms with van der Waals surface area (Å²) in [6, 6.07) is 3.64. The Morgan fingerprint density at radius 3 is 3.07 bits per heavy atom. The van der Waals surface area contributed by atoms with Gasteiger partial charge in [-0.25, -0.2) is 0 Å². The third kappa shape index (κ3) is 2.09. The summed E-state index contributed by atoms with van der Waals surface area (Å²) in [6.45, 7) is 0.742. The zero-order valence-corrected chi connectivity index (χ0v) is 9.87. The van der Waals surface area contributed by atoms with Crippen LogP contribution in [0, 0.1) is 0 Å². The van der Waals surface area contributed by atoms with Crippen LogP contribution in [0.1, 0.15) is 11.7 Å². The van der Waals surface area contributed by atoms with Crippen molar-refractivity contribution in [2.75, 3.05) is 20.4 Å². The molecule has 82 valence electrons. The summed E-state index contributed by atoms with van der Waals surface area (Å²) < 4.78 is 11.3. The van der Waals surface area contributed by atoms with E-state index in [9.17, 15) is 5.11 Å². The van der Waals surface area contributed by atoms with Crippen molar-refractivity contribution in [3.63, 3.8) is 0 Å². The van der Waals surface area contributed by atoms with Gasteiger partial charge in [-0.15, -0.1) is 0 Å². The highest BCUT2D eigenvalue weighted by atomic mass is 79.9. The molecule has 2 N–H and O–H groups in total. The minimum Gasteiger partial charge on any atom is -0.454 e. The fourth-order valence-electron chi connectivity index (χ4n) is 1.49. The van der Waals surface area contributed by atoms with Gasteiger partial charge in [-0.2, -0.15) is 0 Å². The van der Waals surface area contributed by atoms with Crippen molar-refractivity contribution in [3.8, 4) is 11.5 Å². The topological polar surface area (TPSA) is 50.7 Å². The summed E-state index contributed by atoms with van der Waals surface area (Å²) in [5, 5.41) is 12.7. The van der Waals surface area contributed by atoms with E-state index in [0.29, 0.717) is 18.0 Å². The zero-order valence-electron chi connectivity index (χ0n) is 8.29. The van der Waals surface area contributed by atoms with E-state index in [1.54, 1.807) is 13.1 Å². The Bertz CT molecular complexity index is 370. The van der Waals surface area contributed by atoms with Crippen LogP contribution in [0.4, 0.5) is 0 Å². The number of hydrogen-bond acceptors (Lipinski definition) is 4. The molecular weight excluding hydrogens is 262 g/mol. The maximum atomic E-state index is 9.80. The lowest BCUT2D eigenvalue weighted by molar-refractivity contribution is 0.171. The van der Waals surface area contributed by atoms with Gasteiger partial charge in [-0.3, -0.25) is 0 Å². The third-order valence-electron chi connectivity index (χ3n) is 2.23. The quantitative estimate of drug-likeness (QED) is 0.875. The number of rotatable bonds is 3. The summed E-state index contributed by atoms with van der Waals surface area (Å²) in [6.07, 6.45) is -0.541. The van der Waals surface area contributed by atoms with Crippen molar-refractivity contribution < 1.29 is 14.6 Å². The number of hydrogen-bond donors (Lipinski definition) is 2. The maximum Gasteiger partial charge on any atom is 0.231 e. The summed E-state index contributed by atoms with van der Waals surface area (Å²) in [7, 11) is 1.80. The van der Waals surface area contributed by atoms with Crippen LogP contribution in [-0.4, -0.2) is 25.5 Å². The molecule has 1 unspecified atom stereocenters. The van der Waals surface area contributed by atoms with Crippen LogP contribution < -0.4 is 14.8 Å². The average Bonchev–Trinajstić information content (AvgIpc) is 2.66. The molecule has 1 aliphatic heterocycles. The lowest BCUT2D eigenvalue weighted by Gasteiger charge is -2.11. The van der Waals surface area contributed by atoms with Gasteiger partial charge < -0.3 is 19.9 Å². The van der Waals surface area contributed by atoms with E-state index in [2.05, 4.69) is 21.2 Å². The van der Waals surface area contributed by atoms with Crippen LogP contribution in [0.3, 0.4) is 0 Å². The first kappa shape index (κ1) is 10.7. The Morgan fingerprint density at radius 2 is 2.33 bits per heavy atom. The van der Waals surface area contributed by atoms with Gasteiger partial charge in [0.25, 0.3) is 0 Å². The monoisotopic (exact) mass is 273 g/mol. The molecule has 1 heterocycles. The smallest absolute Gasteiger partial charge is 0.231 e. The highest BCUT2D eigenvalue weighted by molar-refractivity contribution is 9.10. The van der Waals surface area contributed by atoms with Crippen LogP contribution in [-0.2, 0) is 0 Å². The predicted molar refractivity (Wildman–Crippen MR) is 59.2 cm³/mol. The van der Waals surface area contributed by atoms with Crippen LogP contribution in [0.25, 0.3) is 0 Å². The number of halogens is 1. The lowest BCUT2D eigenvalue weighted by Crippen LogP contribution is -2.16. The Balaban J connectivity index is 2.30. The first-order valence-corrected chi connectivity index (χ1v) is 5.43. The largest absolute Gasteiger partial charge is 0.454 e. The molecule has 1 atom stereocenters. The number of ether oxygens (including phenoxy) is 2. The molecule has 4 nitrogen and oxygen atoms in total. The number of fused-ring (bicyclic) bond motifs is 1. The van der Waals surface area contributed by atoms with Gasteiger partial charge in [0.1, 0.15) is 0 Å². The molecule has 1 aromatic rings. The first-order chi connectivity index (χ1) is 7.22. The third-order valence-corrected chi connectivity index (χ3v) is 2.82. The molecule has 0 aliphatic carbocycles. The Kier molecular flexibility index (Phi) is 3.14. The van der Waals surface area contributed by atoms with Crippen LogP contribution in [0.5, 0.6) is 11.5 Å². The van der Waals surface area contributed by atoms with Crippen molar-refractivity contribution >= 4 is 15.9 Å². The van der Waals surface area contributed by atoms with Crippen molar-refractivity contribution in [2.45, 2.75) is 6.10 Å². The van der Waals surface area contributed by atoms with Gasteiger partial charge in [0.15, 0.2) is 11.5 Å². The maximum absolute atomic E-state index is 9.80. The molecule has 1 aliphatic rings. The molecule has 5 heteroatoms. The minimum absolute atomic E-state index is 0.236. The van der Waals surface area contributed by atoms with E-state index in [-0.39, 0.29) is 6.79 Å². The molecule has 0 amide bonds. The fourth-order valence-corrected chi connectivity index (χ4v) is 2.07. The van der Waals surface area contributed by atoms with Crippen LogP contribution in [0.2, 0.25) is 0 Å². The molecule has 0 fully saturated rings. The van der Waals surface area contributed by atoms with Gasteiger partial charge in [-0.1, -0.05) is 0 Å². The molecule has 0 saturated carbocycles. The highest BCUT2D eigenvalue weighted by Gasteiger charge is 2.20. The molecule has 0 bridgehead atoms. The number of aliphatic hydroxyl groups is 1. The Morgan fingerprint density at radius 1 is 1.53 bits per heavy atom. The standard InChI is InChI=1S/C10H12BrNO3/c1-12-4-8(13)6-2-7(11)10-9(3-6)14-5-15-10/h2-3,8,12-13H,4-5H2,1H3. The van der Waals surface area contributed by atoms with E-state index in [1.165, 1.54) is 0 Å². The Labute approximate surface area is 96.3 Å². The minimum atomic E-state index is -0.541. The van der Waals surface area contributed by atoms with E-state index in [1.807, 2.05) is 6.07 Å². The van der Waals surface area contributed by atoms with Crippen molar-refractivity contribution in [3.05, 3.63) is 22.2 Å². The summed E-state index contributed by atoms with van der Waals surface area (Å²) in [5.41, 5.74) is 0.806. The molecule has 2 rings (SSSR count). The lowest BCUT2D eigenvalue weighted by atomic mass is 10.1. The number of aliphatic hydroxyl groups excluding tert-OH is 1. The molecule has 1 aromatic carbocycles. The molecular formula is C10H12BrNO3. The number of likely N-dealkylation sites (N-methyl/N-ethyl adjacent to an activating group) is 1. The fraction of sp³-hybridized carbons (Fsp3) is 0.400. The molecule has 0 aromatic heterocycles. The zero-order chi connectivity index (χ0) is 10.8. The van der Waals surface area contributed by atoms with Gasteiger partial charge in [0.05, 0.1) is 10.6 Å². The van der Waals surface area contributed by atoms with E-state index in [4.69, 9.17) is 9.47 Å². The van der Waals surface area contributed by atoms with Crippen LogP contribution >= 0.6 is 15.9 Å². The molecule has 0 radical (unpaired) electrons. The predicted octanol–water partition coefficient (Wildman–Crippen LogP) is 1.43. The Hall–Kier alpha value is -0.780. The SMILES string of the molecule is CNCC(O)c1cc(Br)c2c(c1)OCO2. The van der Waals surface area contributed by atoms with Crippen molar-refractivity contribution in [1.29, 1.82) is 0 Å². The summed E-state index contributed by atoms with van der Waals surface area (Å²) in [5.74, 6) is 1.38. The normalized spacial score (nSPS) is 15.4. The molecule has 0 saturated heterocycles. The molecule has 0 spiro atoms. The van der Waals surface area contributed by atoms with Gasteiger partial charge >= 0.3 is 0 Å². The second-order valence-electron chi connectivity index (χ2n) is 3.31. The second-order valence-corrected chi connectivity index (χ2v) is 4.16. The summed E-state index contributed by atoms with van der Waals surface area (Å²) in [4.78, 5) is 0. The van der Waals surface area contributed by atoms with Gasteiger partial charge in [0, 0.05) is 6.54 Å². The van der Waals surface area contributed by atoms with E-state index >= 15 is 0 Å². The number of benzene rings is 1. The highest BCUT2D eigenvalue weighted by Crippen LogP contribution is 2.41. The van der Waals surface area contributed by atoms with E-state index in [0.717, 1.165) is 10.0 Å².